The quantitative estimate of drug-likeness (QED) is 0.585. The number of nitro groups is 1. The third-order valence-electron chi connectivity index (χ3n) is 3.26. The zero-order chi connectivity index (χ0) is 15.3. The number of hydrogen-bond acceptors (Lipinski definition) is 5. The van der Waals surface area contributed by atoms with E-state index in [0.717, 1.165) is 0 Å². The molecule has 0 radical (unpaired) electrons. The van der Waals surface area contributed by atoms with Gasteiger partial charge in [-0.2, -0.15) is 0 Å². The SMILES string of the molecule is CCC(C)(NCc1cc(OC)cc([N+](=O)[O-])c1)C(=O)O. The number of non-ortho nitro benzene ring substituents is 1. The highest BCUT2D eigenvalue weighted by Crippen LogP contribution is 2.23. The fourth-order valence-electron chi connectivity index (χ4n) is 1.62. The Morgan fingerprint density at radius 2 is 2.15 bits per heavy atom. The van der Waals surface area contributed by atoms with E-state index in [4.69, 9.17) is 9.84 Å². The van der Waals surface area contributed by atoms with Crippen molar-refractivity contribution in [2.45, 2.75) is 32.4 Å². The summed E-state index contributed by atoms with van der Waals surface area (Å²) in [5, 5.41) is 22.9. The molecule has 1 atom stereocenters. The van der Waals surface area contributed by atoms with Crippen molar-refractivity contribution in [1.29, 1.82) is 0 Å². The highest BCUT2D eigenvalue weighted by Gasteiger charge is 2.30. The molecule has 1 aromatic carbocycles. The number of benzene rings is 1. The van der Waals surface area contributed by atoms with Gasteiger partial charge in [-0.15, -0.1) is 0 Å². The highest BCUT2D eigenvalue weighted by molar-refractivity contribution is 5.78. The summed E-state index contributed by atoms with van der Waals surface area (Å²) in [6.45, 7) is 3.54. The van der Waals surface area contributed by atoms with Gasteiger partial charge in [0.1, 0.15) is 11.3 Å². The van der Waals surface area contributed by atoms with Crippen LogP contribution in [0.25, 0.3) is 0 Å². The number of methoxy groups -OCH3 is 1. The maximum absolute atomic E-state index is 11.2. The van der Waals surface area contributed by atoms with Crippen LogP contribution in [0.15, 0.2) is 18.2 Å². The van der Waals surface area contributed by atoms with Crippen molar-refractivity contribution < 1.29 is 19.6 Å². The third kappa shape index (κ3) is 3.67. The first-order chi connectivity index (χ1) is 9.32. The van der Waals surface area contributed by atoms with Gasteiger partial charge in [-0.1, -0.05) is 6.92 Å². The Kier molecular flexibility index (Phi) is 5.04. The number of nitrogens with zero attached hydrogens (tertiary/aromatic N) is 1. The fourth-order valence-corrected chi connectivity index (χ4v) is 1.62. The number of ether oxygens (including phenoxy) is 1. The number of nitrogens with one attached hydrogen (secondary N) is 1. The molecule has 0 aromatic heterocycles. The average Bonchev–Trinajstić information content (AvgIpc) is 2.43. The lowest BCUT2D eigenvalue weighted by atomic mass is 9.99. The Morgan fingerprint density at radius 3 is 2.60 bits per heavy atom. The molecule has 0 bridgehead atoms. The summed E-state index contributed by atoms with van der Waals surface area (Å²) >= 11 is 0. The highest BCUT2D eigenvalue weighted by atomic mass is 16.6. The topological polar surface area (TPSA) is 102 Å². The molecule has 0 aliphatic carbocycles. The van der Waals surface area contributed by atoms with Crippen LogP contribution in [-0.4, -0.2) is 28.6 Å². The molecule has 0 saturated carbocycles. The van der Waals surface area contributed by atoms with E-state index in [1.54, 1.807) is 19.9 Å². The van der Waals surface area contributed by atoms with Crippen LogP contribution in [0.3, 0.4) is 0 Å². The van der Waals surface area contributed by atoms with Crippen LogP contribution in [0.4, 0.5) is 5.69 Å². The molecule has 20 heavy (non-hydrogen) atoms. The van der Waals surface area contributed by atoms with E-state index in [1.807, 2.05) is 0 Å². The zero-order valence-corrected chi connectivity index (χ0v) is 11.7. The molecule has 7 heteroatoms. The molecule has 2 N–H and O–H groups in total. The van der Waals surface area contributed by atoms with Gasteiger partial charge in [0.05, 0.1) is 18.1 Å². The monoisotopic (exact) mass is 282 g/mol. The summed E-state index contributed by atoms with van der Waals surface area (Å²) in [6.07, 6.45) is 0.397. The van der Waals surface area contributed by atoms with Crippen molar-refractivity contribution in [2.75, 3.05) is 7.11 Å². The zero-order valence-electron chi connectivity index (χ0n) is 11.7. The van der Waals surface area contributed by atoms with E-state index >= 15 is 0 Å². The Labute approximate surface area is 116 Å². The first kappa shape index (κ1) is 15.9. The molecule has 1 unspecified atom stereocenters. The van der Waals surface area contributed by atoms with Crippen molar-refractivity contribution in [3.8, 4) is 5.75 Å². The third-order valence-corrected chi connectivity index (χ3v) is 3.26. The Hall–Kier alpha value is -2.15. The first-order valence-corrected chi connectivity index (χ1v) is 6.13. The first-order valence-electron chi connectivity index (χ1n) is 6.13. The predicted molar refractivity (Wildman–Crippen MR) is 72.8 cm³/mol. The summed E-state index contributed by atoms with van der Waals surface area (Å²) < 4.78 is 5.00. The van der Waals surface area contributed by atoms with Crippen LogP contribution in [0.2, 0.25) is 0 Å². The van der Waals surface area contributed by atoms with E-state index in [2.05, 4.69) is 5.32 Å². The summed E-state index contributed by atoms with van der Waals surface area (Å²) in [6, 6.07) is 4.35. The lowest BCUT2D eigenvalue weighted by Gasteiger charge is -2.24. The van der Waals surface area contributed by atoms with Gasteiger partial charge >= 0.3 is 5.97 Å². The minimum Gasteiger partial charge on any atom is -0.496 e. The number of carboxylic acids is 1. The molecule has 110 valence electrons. The lowest BCUT2D eigenvalue weighted by Crippen LogP contribution is -2.48. The van der Waals surface area contributed by atoms with E-state index in [9.17, 15) is 14.9 Å². The van der Waals surface area contributed by atoms with Crippen molar-refractivity contribution in [3.63, 3.8) is 0 Å². The molecular weight excluding hydrogens is 264 g/mol. The van der Waals surface area contributed by atoms with Gasteiger partial charge in [0.2, 0.25) is 0 Å². The van der Waals surface area contributed by atoms with Crippen molar-refractivity contribution in [3.05, 3.63) is 33.9 Å². The van der Waals surface area contributed by atoms with E-state index in [-0.39, 0.29) is 12.2 Å². The number of carboxylic acid groups (broad SMARTS) is 1. The molecule has 0 aliphatic heterocycles. The summed E-state index contributed by atoms with van der Waals surface area (Å²) in [7, 11) is 1.42. The number of rotatable bonds is 7. The summed E-state index contributed by atoms with van der Waals surface area (Å²) in [4.78, 5) is 21.5. The van der Waals surface area contributed by atoms with Crippen LogP contribution >= 0.6 is 0 Å². The minimum absolute atomic E-state index is 0.0883. The number of nitro benzene ring substituents is 1. The van der Waals surface area contributed by atoms with E-state index < -0.39 is 16.4 Å². The van der Waals surface area contributed by atoms with Crippen LogP contribution < -0.4 is 10.1 Å². The molecule has 1 aromatic rings. The maximum Gasteiger partial charge on any atom is 0.323 e. The van der Waals surface area contributed by atoms with Crippen LogP contribution in [0, 0.1) is 10.1 Å². The molecule has 0 amide bonds. The molecule has 1 rings (SSSR count). The number of aliphatic carboxylic acids is 1. The fraction of sp³-hybridized carbons (Fsp3) is 0.462. The predicted octanol–water partition coefficient (Wildman–Crippen LogP) is 1.95. The van der Waals surface area contributed by atoms with Crippen LogP contribution in [0.5, 0.6) is 5.75 Å². The average molecular weight is 282 g/mol. The molecular formula is C13H18N2O5. The van der Waals surface area contributed by atoms with Crippen LogP contribution in [-0.2, 0) is 11.3 Å². The molecule has 0 spiro atoms. The molecule has 0 fully saturated rings. The molecule has 0 aliphatic rings. The smallest absolute Gasteiger partial charge is 0.323 e. The van der Waals surface area contributed by atoms with Crippen molar-refractivity contribution in [1.82, 2.24) is 5.32 Å². The van der Waals surface area contributed by atoms with Gasteiger partial charge in [0.25, 0.3) is 5.69 Å². The van der Waals surface area contributed by atoms with Gasteiger partial charge in [0.15, 0.2) is 0 Å². The van der Waals surface area contributed by atoms with Gasteiger partial charge in [-0.3, -0.25) is 20.2 Å². The maximum atomic E-state index is 11.2. The second-order valence-corrected chi connectivity index (χ2v) is 4.64. The van der Waals surface area contributed by atoms with Crippen molar-refractivity contribution in [2.24, 2.45) is 0 Å². The number of hydrogen-bond donors (Lipinski definition) is 2. The lowest BCUT2D eigenvalue weighted by molar-refractivity contribution is -0.385. The normalized spacial score (nSPS) is 13.6. The Balaban J connectivity index is 2.95. The van der Waals surface area contributed by atoms with Crippen molar-refractivity contribution >= 4 is 11.7 Å². The largest absolute Gasteiger partial charge is 0.496 e. The molecule has 7 nitrogen and oxygen atoms in total. The number of carbonyl (C=O) groups is 1. The van der Waals surface area contributed by atoms with Gasteiger partial charge in [-0.25, -0.2) is 0 Å². The van der Waals surface area contributed by atoms with Gasteiger partial charge < -0.3 is 9.84 Å². The van der Waals surface area contributed by atoms with Gasteiger partial charge in [-0.05, 0) is 25.0 Å². The summed E-state index contributed by atoms with van der Waals surface area (Å²) in [5.41, 5.74) is -0.565. The second-order valence-electron chi connectivity index (χ2n) is 4.64. The van der Waals surface area contributed by atoms with Gasteiger partial charge in [0, 0.05) is 12.6 Å². The van der Waals surface area contributed by atoms with Crippen LogP contribution in [0.1, 0.15) is 25.8 Å². The standard InChI is InChI=1S/C13H18N2O5/c1-4-13(2,12(16)17)14-8-9-5-10(15(18)19)7-11(6-9)20-3/h5-7,14H,4,8H2,1-3H3,(H,16,17). The Morgan fingerprint density at radius 1 is 1.50 bits per heavy atom. The Bertz CT molecular complexity index is 517. The molecule has 0 heterocycles. The van der Waals surface area contributed by atoms with E-state index in [0.29, 0.717) is 17.7 Å². The molecule has 0 saturated heterocycles. The minimum atomic E-state index is -1.07. The second kappa shape index (κ2) is 6.33. The van der Waals surface area contributed by atoms with E-state index in [1.165, 1.54) is 19.2 Å². The summed E-state index contributed by atoms with van der Waals surface area (Å²) in [5.74, 6) is -0.595.